The SMILES string of the molecule is Cc1ccn(Cc2cccc(F)c2Br)c1C(=O)O. The fourth-order valence-electron chi connectivity index (χ4n) is 1.86. The summed E-state index contributed by atoms with van der Waals surface area (Å²) in [6.45, 7) is 2.05. The van der Waals surface area contributed by atoms with Crippen LogP contribution in [0.2, 0.25) is 0 Å². The number of hydrogen-bond acceptors (Lipinski definition) is 1. The molecule has 0 saturated carbocycles. The van der Waals surface area contributed by atoms with Gasteiger partial charge in [-0.2, -0.15) is 0 Å². The predicted molar refractivity (Wildman–Crippen MR) is 69.3 cm³/mol. The van der Waals surface area contributed by atoms with E-state index in [0.29, 0.717) is 22.1 Å². The molecule has 0 aliphatic carbocycles. The molecule has 2 aromatic rings. The van der Waals surface area contributed by atoms with Crippen molar-refractivity contribution in [3.05, 3.63) is 57.6 Å². The number of carboxylic acid groups (broad SMARTS) is 1. The molecule has 0 unspecified atom stereocenters. The van der Waals surface area contributed by atoms with Crippen LogP contribution < -0.4 is 0 Å². The highest BCUT2D eigenvalue weighted by molar-refractivity contribution is 9.10. The van der Waals surface area contributed by atoms with Crippen LogP contribution in [0.4, 0.5) is 4.39 Å². The zero-order valence-electron chi connectivity index (χ0n) is 9.65. The minimum atomic E-state index is -0.981. The maximum Gasteiger partial charge on any atom is 0.352 e. The van der Waals surface area contributed by atoms with Crippen LogP contribution in [0.1, 0.15) is 21.6 Å². The van der Waals surface area contributed by atoms with E-state index in [1.54, 1.807) is 35.9 Å². The molecule has 94 valence electrons. The molecule has 1 heterocycles. The number of aryl methyl sites for hydroxylation is 1. The summed E-state index contributed by atoms with van der Waals surface area (Å²) in [6, 6.07) is 6.45. The lowest BCUT2D eigenvalue weighted by Gasteiger charge is -2.09. The summed E-state index contributed by atoms with van der Waals surface area (Å²) in [5.74, 6) is -1.33. The highest BCUT2D eigenvalue weighted by Gasteiger charge is 2.14. The van der Waals surface area contributed by atoms with Crippen molar-refractivity contribution in [2.24, 2.45) is 0 Å². The summed E-state index contributed by atoms with van der Waals surface area (Å²) in [4.78, 5) is 11.1. The molecule has 1 aromatic heterocycles. The molecular weight excluding hydrogens is 301 g/mol. The lowest BCUT2D eigenvalue weighted by molar-refractivity contribution is 0.0685. The number of rotatable bonds is 3. The summed E-state index contributed by atoms with van der Waals surface area (Å²) >= 11 is 3.17. The van der Waals surface area contributed by atoms with Crippen molar-refractivity contribution in [2.75, 3.05) is 0 Å². The van der Waals surface area contributed by atoms with E-state index in [0.717, 1.165) is 0 Å². The maximum absolute atomic E-state index is 13.4. The Morgan fingerprint density at radius 1 is 1.44 bits per heavy atom. The summed E-state index contributed by atoms with van der Waals surface area (Å²) in [5.41, 5.74) is 1.62. The number of carboxylic acids is 1. The second kappa shape index (κ2) is 4.94. The molecule has 0 bridgehead atoms. The molecule has 0 spiro atoms. The fraction of sp³-hybridized carbons (Fsp3) is 0.154. The molecule has 0 aliphatic heterocycles. The second-order valence-corrected chi connectivity index (χ2v) is 4.79. The first kappa shape index (κ1) is 12.8. The van der Waals surface area contributed by atoms with E-state index in [1.165, 1.54) is 6.07 Å². The van der Waals surface area contributed by atoms with Gasteiger partial charge in [0.15, 0.2) is 0 Å². The Morgan fingerprint density at radius 3 is 2.83 bits per heavy atom. The van der Waals surface area contributed by atoms with Crippen molar-refractivity contribution in [2.45, 2.75) is 13.5 Å². The molecule has 0 atom stereocenters. The quantitative estimate of drug-likeness (QED) is 0.943. The average Bonchev–Trinajstić information content (AvgIpc) is 2.66. The van der Waals surface area contributed by atoms with Crippen LogP contribution in [0.15, 0.2) is 34.9 Å². The lowest BCUT2D eigenvalue weighted by atomic mass is 10.2. The van der Waals surface area contributed by atoms with Crippen LogP contribution in [0.25, 0.3) is 0 Å². The van der Waals surface area contributed by atoms with Crippen molar-refractivity contribution in [3.8, 4) is 0 Å². The van der Waals surface area contributed by atoms with Crippen LogP contribution in [0, 0.1) is 12.7 Å². The van der Waals surface area contributed by atoms with E-state index in [-0.39, 0.29) is 11.5 Å². The van der Waals surface area contributed by atoms with E-state index in [1.807, 2.05) is 0 Å². The third kappa shape index (κ3) is 2.31. The Labute approximate surface area is 112 Å². The van der Waals surface area contributed by atoms with E-state index in [2.05, 4.69) is 15.9 Å². The van der Waals surface area contributed by atoms with Gasteiger partial charge in [-0.25, -0.2) is 9.18 Å². The minimum absolute atomic E-state index is 0.228. The molecule has 1 N–H and O–H groups in total. The molecular formula is C13H11BrFNO2. The molecule has 0 saturated heterocycles. The van der Waals surface area contributed by atoms with Gasteiger partial charge >= 0.3 is 5.97 Å². The van der Waals surface area contributed by atoms with Crippen molar-refractivity contribution in [1.29, 1.82) is 0 Å². The summed E-state index contributed by atoms with van der Waals surface area (Å²) in [6.07, 6.45) is 1.69. The smallest absolute Gasteiger partial charge is 0.352 e. The number of carbonyl (C=O) groups is 1. The number of halogens is 2. The summed E-state index contributed by atoms with van der Waals surface area (Å²) < 4.78 is 15.3. The van der Waals surface area contributed by atoms with E-state index in [4.69, 9.17) is 5.11 Å². The third-order valence-corrected chi connectivity index (χ3v) is 3.63. The lowest BCUT2D eigenvalue weighted by Crippen LogP contribution is -2.10. The molecule has 2 rings (SSSR count). The Balaban J connectivity index is 2.41. The van der Waals surface area contributed by atoms with Crippen LogP contribution >= 0.6 is 15.9 Å². The van der Waals surface area contributed by atoms with Gasteiger partial charge in [0.25, 0.3) is 0 Å². The van der Waals surface area contributed by atoms with Gasteiger partial charge in [0.1, 0.15) is 11.5 Å². The monoisotopic (exact) mass is 311 g/mol. The Hall–Kier alpha value is -1.62. The summed E-state index contributed by atoms with van der Waals surface area (Å²) in [5, 5.41) is 9.13. The van der Waals surface area contributed by atoms with E-state index < -0.39 is 5.97 Å². The molecule has 1 aromatic carbocycles. The fourth-order valence-corrected chi connectivity index (χ4v) is 2.25. The summed E-state index contributed by atoms with van der Waals surface area (Å²) in [7, 11) is 0. The first-order chi connectivity index (χ1) is 8.50. The van der Waals surface area contributed by atoms with Gasteiger partial charge < -0.3 is 9.67 Å². The standard InChI is InChI=1S/C13H11BrFNO2/c1-8-5-6-16(12(8)13(17)18)7-9-3-2-4-10(15)11(9)14/h2-6H,7H2,1H3,(H,17,18). The molecule has 3 nitrogen and oxygen atoms in total. The van der Waals surface area contributed by atoms with Gasteiger partial charge in [-0.05, 0) is 46.1 Å². The molecule has 0 radical (unpaired) electrons. The predicted octanol–water partition coefficient (Wildman–Crippen LogP) is 3.44. The first-order valence-electron chi connectivity index (χ1n) is 5.32. The number of nitrogens with zero attached hydrogens (tertiary/aromatic N) is 1. The molecule has 0 aliphatic rings. The van der Waals surface area contributed by atoms with Crippen LogP contribution in [0.5, 0.6) is 0 Å². The topological polar surface area (TPSA) is 42.2 Å². The first-order valence-corrected chi connectivity index (χ1v) is 6.12. The molecule has 0 fully saturated rings. The van der Waals surface area contributed by atoms with Crippen molar-refractivity contribution in [1.82, 2.24) is 4.57 Å². The van der Waals surface area contributed by atoms with Gasteiger partial charge in [-0.1, -0.05) is 12.1 Å². The number of benzene rings is 1. The van der Waals surface area contributed by atoms with Crippen molar-refractivity contribution < 1.29 is 14.3 Å². The van der Waals surface area contributed by atoms with E-state index >= 15 is 0 Å². The minimum Gasteiger partial charge on any atom is -0.477 e. The third-order valence-electron chi connectivity index (χ3n) is 2.74. The van der Waals surface area contributed by atoms with Crippen molar-refractivity contribution in [3.63, 3.8) is 0 Å². The molecule has 0 amide bonds. The number of hydrogen-bond donors (Lipinski definition) is 1. The normalized spacial score (nSPS) is 10.6. The van der Waals surface area contributed by atoms with Crippen LogP contribution in [-0.2, 0) is 6.54 Å². The molecule has 18 heavy (non-hydrogen) atoms. The van der Waals surface area contributed by atoms with Crippen LogP contribution in [-0.4, -0.2) is 15.6 Å². The largest absolute Gasteiger partial charge is 0.477 e. The van der Waals surface area contributed by atoms with Crippen molar-refractivity contribution >= 4 is 21.9 Å². The highest BCUT2D eigenvalue weighted by Crippen LogP contribution is 2.22. The average molecular weight is 312 g/mol. The zero-order valence-corrected chi connectivity index (χ0v) is 11.2. The Kier molecular flexibility index (Phi) is 3.52. The highest BCUT2D eigenvalue weighted by atomic mass is 79.9. The number of aromatic nitrogens is 1. The maximum atomic E-state index is 13.4. The number of aromatic carboxylic acids is 1. The van der Waals surface area contributed by atoms with Gasteiger partial charge in [-0.3, -0.25) is 0 Å². The van der Waals surface area contributed by atoms with Gasteiger partial charge in [0.2, 0.25) is 0 Å². The Morgan fingerprint density at radius 2 is 2.17 bits per heavy atom. The van der Waals surface area contributed by atoms with Gasteiger partial charge in [0.05, 0.1) is 4.47 Å². The second-order valence-electron chi connectivity index (χ2n) is 3.99. The molecule has 5 heteroatoms. The van der Waals surface area contributed by atoms with Gasteiger partial charge in [0, 0.05) is 12.7 Å². The van der Waals surface area contributed by atoms with Crippen LogP contribution in [0.3, 0.4) is 0 Å². The Bertz CT molecular complexity index is 607. The van der Waals surface area contributed by atoms with E-state index in [9.17, 15) is 9.18 Å². The van der Waals surface area contributed by atoms with Gasteiger partial charge in [-0.15, -0.1) is 0 Å². The zero-order chi connectivity index (χ0) is 13.3.